The molecule has 1 aromatic rings. The van der Waals surface area contributed by atoms with Crippen molar-refractivity contribution in [3.8, 4) is 0 Å². The number of rotatable bonds is 11. The summed E-state index contributed by atoms with van der Waals surface area (Å²) >= 11 is 0. The maximum Gasteiger partial charge on any atom is 0.407 e. The Kier molecular flexibility index (Phi) is 10.6. The minimum atomic E-state index is -3.42. The number of carbonyl (C=O) groups excluding carboxylic acids is 1. The third-order valence-corrected chi connectivity index (χ3v) is 7.72. The second kappa shape index (κ2) is 13.0. The SMILES string of the molecule is CCCCC(CC)COC(=O)NCCc1ccc(S(=O)(=O)N2CCCCCC2)cc1. The second-order valence-corrected chi connectivity index (χ2v) is 10.1. The number of nitrogens with one attached hydrogen (secondary N) is 1. The third kappa shape index (κ3) is 7.91. The number of amides is 1. The monoisotopic (exact) mass is 438 g/mol. The molecule has 7 heteroatoms. The van der Waals surface area contributed by atoms with Crippen LogP contribution in [0.2, 0.25) is 0 Å². The van der Waals surface area contributed by atoms with E-state index in [1.807, 2.05) is 12.1 Å². The molecule has 0 aromatic heterocycles. The van der Waals surface area contributed by atoms with Crippen LogP contribution in [-0.2, 0) is 21.2 Å². The highest BCUT2D eigenvalue weighted by Gasteiger charge is 2.24. The lowest BCUT2D eigenvalue weighted by molar-refractivity contribution is 0.123. The van der Waals surface area contributed by atoms with Gasteiger partial charge in [0, 0.05) is 19.6 Å². The Morgan fingerprint density at radius 1 is 1.10 bits per heavy atom. The molecule has 1 atom stereocenters. The van der Waals surface area contributed by atoms with Crippen LogP contribution in [0.3, 0.4) is 0 Å². The molecule has 0 radical (unpaired) electrons. The topological polar surface area (TPSA) is 75.7 Å². The number of nitrogens with zero attached hydrogens (tertiary/aromatic N) is 1. The van der Waals surface area contributed by atoms with Crippen molar-refractivity contribution in [2.75, 3.05) is 26.2 Å². The van der Waals surface area contributed by atoms with E-state index in [4.69, 9.17) is 4.74 Å². The Balaban J connectivity index is 1.77. The quantitative estimate of drug-likeness (QED) is 0.542. The first-order valence-corrected chi connectivity index (χ1v) is 12.9. The third-order valence-electron chi connectivity index (χ3n) is 5.80. The number of alkyl carbamates (subject to hydrolysis) is 1. The highest BCUT2D eigenvalue weighted by Crippen LogP contribution is 2.20. The van der Waals surface area contributed by atoms with Gasteiger partial charge in [-0.2, -0.15) is 4.31 Å². The number of hydrogen-bond donors (Lipinski definition) is 1. The van der Waals surface area contributed by atoms with Gasteiger partial charge in [0.25, 0.3) is 0 Å². The van der Waals surface area contributed by atoms with Crippen molar-refractivity contribution < 1.29 is 17.9 Å². The lowest BCUT2D eigenvalue weighted by Crippen LogP contribution is -2.31. The first-order valence-electron chi connectivity index (χ1n) is 11.5. The van der Waals surface area contributed by atoms with Gasteiger partial charge in [0.15, 0.2) is 0 Å². The van der Waals surface area contributed by atoms with E-state index in [1.54, 1.807) is 16.4 Å². The summed E-state index contributed by atoms with van der Waals surface area (Å²) in [6, 6.07) is 7.01. The van der Waals surface area contributed by atoms with Crippen LogP contribution in [0.15, 0.2) is 29.2 Å². The summed E-state index contributed by atoms with van der Waals surface area (Å²) in [4.78, 5) is 12.2. The van der Waals surface area contributed by atoms with Crippen molar-refractivity contribution >= 4 is 16.1 Å². The Morgan fingerprint density at radius 3 is 2.37 bits per heavy atom. The minimum Gasteiger partial charge on any atom is -0.449 e. The smallest absolute Gasteiger partial charge is 0.407 e. The first-order chi connectivity index (χ1) is 14.5. The van der Waals surface area contributed by atoms with Gasteiger partial charge in [-0.15, -0.1) is 0 Å². The van der Waals surface area contributed by atoms with Crippen LogP contribution < -0.4 is 5.32 Å². The molecule has 1 aromatic carbocycles. The van der Waals surface area contributed by atoms with Gasteiger partial charge in [-0.05, 0) is 49.3 Å². The largest absolute Gasteiger partial charge is 0.449 e. The van der Waals surface area contributed by atoms with Crippen molar-refractivity contribution in [3.05, 3.63) is 29.8 Å². The Bertz CT molecular complexity index is 726. The molecular formula is C23H38N2O4S. The van der Waals surface area contributed by atoms with Crippen LogP contribution in [-0.4, -0.2) is 45.1 Å². The lowest BCUT2D eigenvalue weighted by Gasteiger charge is -2.20. The lowest BCUT2D eigenvalue weighted by atomic mass is 10.0. The van der Waals surface area contributed by atoms with Crippen LogP contribution >= 0.6 is 0 Å². The first kappa shape index (κ1) is 24.7. The molecule has 0 aliphatic carbocycles. The Hall–Kier alpha value is -1.60. The molecule has 1 heterocycles. The van der Waals surface area contributed by atoms with Gasteiger partial charge in [-0.1, -0.05) is 58.1 Å². The van der Waals surface area contributed by atoms with E-state index in [0.29, 0.717) is 43.5 Å². The fourth-order valence-electron chi connectivity index (χ4n) is 3.71. The highest BCUT2D eigenvalue weighted by atomic mass is 32.2. The van der Waals surface area contributed by atoms with E-state index in [-0.39, 0.29) is 6.09 Å². The molecule has 30 heavy (non-hydrogen) atoms. The molecule has 170 valence electrons. The summed E-state index contributed by atoms with van der Waals surface area (Å²) in [6.45, 7) is 6.42. The molecule has 2 rings (SSSR count). The predicted octanol–water partition coefficient (Wildman–Crippen LogP) is 4.74. The average Bonchev–Trinajstić information content (AvgIpc) is 3.04. The van der Waals surface area contributed by atoms with Gasteiger partial charge in [-0.3, -0.25) is 0 Å². The standard InChI is InChI=1S/C23H38N2O4S/c1-3-5-10-20(4-2)19-29-23(26)24-16-15-21-11-13-22(14-12-21)30(27,28)25-17-8-6-7-9-18-25/h11-14,20H,3-10,15-19H2,1-2H3,(H,24,26). The second-order valence-electron chi connectivity index (χ2n) is 8.15. The zero-order chi connectivity index (χ0) is 21.8. The zero-order valence-corrected chi connectivity index (χ0v) is 19.4. The molecule has 1 amide bonds. The van der Waals surface area contributed by atoms with Crippen LogP contribution in [0, 0.1) is 5.92 Å². The average molecular weight is 439 g/mol. The molecule has 1 aliphatic rings. The van der Waals surface area contributed by atoms with E-state index in [1.165, 1.54) is 0 Å². The van der Waals surface area contributed by atoms with Crippen molar-refractivity contribution in [3.63, 3.8) is 0 Å². The fraction of sp³-hybridized carbons (Fsp3) is 0.696. The molecule has 0 saturated carbocycles. The van der Waals surface area contributed by atoms with E-state index in [9.17, 15) is 13.2 Å². The van der Waals surface area contributed by atoms with Crippen LogP contribution in [0.4, 0.5) is 4.79 Å². The van der Waals surface area contributed by atoms with E-state index in [2.05, 4.69) is 19.2 Å². The molecule has 6 nitrogen and oxygen atoms in total. The highest BCUT2D eigenvalue weighted by molar-refractivity contribution is 7.89. The molecule has 1 unspecified atom stereocenters. The van der Waals surface area contributed by atoms with Crippen LogP contribution in [0.5, 0.6) is 0 Å². The zero-order valence-electron chi connectivity index (χ0n) is 18.6. The minimum absolute atomic E-state index is 0.346. The molecular weight excluding hydrogens is 400 g/mol. The van der Waals surface area contributed by atoms with Crippen molar-refractivity contribution in [1.82, 2.24) is 9.62 Å². The van der Waals surface area contributed by atoms with Gasteiger partial charge in [0.2, 0.25) is 10.0 Å². The summed E-state index contributed by atoms with van der Waals surface area (Å²) < 4.78 is 32.6. The molecule has 1 N–H and O–H groups in total. The molecule has 0 bridgehead atoms. The number of unbranched alkanes of at least 4 members (excludes halogenated alkanes) is 1. The summed E-state index contributed by atoms with van der Waals surface area (Å²) in [6.07, 6.45) is 8.71. The van der Waals surface area contributed by atoms with Gasteiger partial charge in [-0.25, -0.2) is 13.2 Å². The van der Waals surface area contributed by atoms with Gasteiger partial charge < -0.3 is 10.1 Å². The maximum absolute atomic E-state index is 12.8. The number of hydrogen-bond acceptors (Lipinski definition) is 4. The summed E-state index contributed by atoms with van der Waals surface area (Å²) in [5, 5.41) is 2.78. The predicted molar refractivity (Wildman–Crippen MR) is 120 cm³/mol. The number of ether oxygens (including phenoxy) is 1. The van der Waals surface area contributed by atoms with Gasteiger partial charge in [0.05, 0.1) is 11.5 Å². The van der Waals surface area contributed by atoms with E-state index < -0.39 is 10.0 Å². The van der Waals surface area contributed by atoms with E-state index in [0.717, 1.165) is 56.9 Å². The summed E-state index contributed by atoms with van der Waals surface area (Å²) in [5.74, 6) is 0.425. The number of carbonyl (C=O) groups is 1. The van der Waals surface area contributed by atoms with E-state index >= 15 is 0 Å². The molecule has 0 spiro atoms. The van der Waals surface area contributed by atoms with Crippen LogP contribution in [0.25, 0.3) is 0 Å². The molecule has 1 fully saturated rings. The summed E-state index contributed by atoms with van der Waals surface area (Å²) in [7, 11) is -3.42. The van der Waals surface area contributed by atoms with Crippen molar-refractivity contribution in [2.24, 2.45) is 5.92 Å². The van der Waals surface area contributed by atoms with Crippen LogP contribution in [0.1, 0.15) is 70.8 Å². The fourth-order valence-corrected chi connectivity index (χ4v) is 5.23. The maximum atomic E-state index is 12.8. The van der Waals surface area contributed by atoms with Crippen molar-refractivity contribution in [1.29, 1.82) is 0 Å². The Labute approximate surface area is 182 Å². The number of sulfonamides is 1. The van der Waals surface area contributed by atoms with Gasteiger partial charge >= 0.3 is 6.09 Å². The Morgan fingerprint density at radius 2 is 1.77 bits per heavy atom. The number of benzene rings is 1. The van der Waals surface area contributed by atoms with Gasteiger partial charge in [0.1, 0.15) is 0 Å². The van der Waals surface area contributed by atoms with Crippen molar-refractivity contribution in [2.45, 2.75) is 76.5 Å². The normalized spacial score (nSPS) is 16.6. The summed E-state index contributed by atoms with van der Waals surface area (Å²) in [5.41, 5.74) is 0.986. The molecule has 1 saturated heterocycles. The molecule has 1 aliphatic heterocycles.